The summed E-state index contributed by atoms with van der Waals surface area (Å²) < 4.78 is 5.56. The standard InChI is InChI=1S/C25H27NO/c1-25(18-20-9-5-3-6-10-20)24-17-23(27-2)14-13-22(24)15-16-26(25)19-21-11-7-4-8-12-21/h3-14,17H,15-16,18-19H2,1-2H3. The Morgan fingerprint density at radius 3 is 2.22 bits per heavy atom. The summed E-state index contributed by atoms with van der Waals surface area (Å²) in [6.07, 6.45) is 2.07. The number of rotatable bonds is 5. The lowest BCUT2D eigenvalue weighted by Crippen LogP contribution is -2.49. The number of nitrogens with zero attached hydrogens (tertiary/aromatic N) is 1. The predicted molar refractivity (Wildman–Crippen MR) is 111 cm³/mol. The van der Waals surface area contributed by atoms with Gasteiger partial charge in [0.05, 0.1) is 7.11 Å². The summed E-state index contributed by atoms with van der Waals surface area (Å²) >= 11 is 0. The molecule has 2 heteroatoms. The Labute approximate surface area is 162 Å². The third-order valence-corrected chi connectivity index (χ3v) is 5.85. The van der Waals surface area contributed by atoms with Gasteiger partial charge in [-0.1, -0.05) is 66.7 Å². The number of ether oxygens (including phenoxy) is 1. The molecule has 27 heavy (non-hydrogen) atoms. The Morgan fingerprint density at radius 2 is 1.56 bits per heavy atom. The number of hydrogen-bond acceptors (Lipinski definition) is 2. The second kappa shape index (κ2) is 7.58. The predicted octanol–water partition coefficient (Wildman–Crippen LogP) is 5.21. The molecule has 2 nitrogen and oxygen atoms in total. The smallest absolute Gasteiger partial charge is 0.119 e. The van der Waals surface area contributed by atoms with E-state index in [0.717, 1.165) is 31.7 Å². The summed E-state index contributed by atoms with van der Waals surface area (Å²) in [5, 5.41) is 0. The van der Waals surface area contributed by atoms with Crippen LogP contribution in [0.15, 0.2) is 78.9 Å². The number of fused-ring (bicyclic) bond motifs is 1. The van der Waals surface area contributed by atoms with E-state index < -0.39 is 0 Å². The molecule has 3 aromatic rings. The molecule has 138 valence electrons. The van der Waals surface area contributed by atoms with Gasteiger partial charge in [0.2, 0.25) is 0 Å². The number of methoxy groups -OCH3 is 1. The highest BCUT2D eigenvalue weighted by Gasteiger charge is 2.38. The molecule has 0 fully saturated rings. The molecular formula is C25H27NO. The molecule has 0 radical (unpaired) electrons. The van der Waals surface area contributed by atoms with Crippen LogP contribution in [0, 0.1) is 0 Å². The summed E-state index contributed by atoms with van der Waals surface area (Å²) in [6, 6.07) is 28.2. The highest BCUT2D eigenvalue weighted by atomic mass is 16.5. The van der Waals surface area contributed by atoms with E-state index in [1.807, 2.05) is 0 Å². The summed E-state index contributed by atoms with van der Waals surface area (Å²) in [4.78, 5) is 2.64. The maximum Gasteiger partial charge on any atom is 0.119 e. The summed E-state index contributed by atoms with van der Waals surface area (Å²) in [7, 11) is 1.75. The van der Waals surface area contributed by atoms with E-state index in [1.54, 1.807) is 7.11 Å². The van der Waals surface area contributed by atoms with E-state index in [4.69, 9.17) is 4.74 Å². The normalized spacial score (nSPS) is 19.5. The van der Waals surface area contributed by atoms with Gasteiger partial charge in [0, 0.05) is 18.6 Å². The summed E-state index contributed by atoms with van der Waals surface area (Å²) in [5.41, 5.74) is 5.50. The average Bonchev–Trinajstić information content (AvgIpc) is 2.72. The second-order valence-electron chi connectivity index (χ2n) is 7.62. The third kappa shape index (κ3) is 3.63. The van der Waals surface area contributed by atoms with Crippen LogP contribution in [0.2, 0.25) is 0 Å². The number of benzene rings is 3. The lowest BCUT2D eigenvalue weighted by molar-refractivity contribution is 0.0807. The maximum absolute atomic E-state index is 5.56. The first kappa shape index (κ1) is 17.8. The molecular weight excluding hydrogens is 330 g/mol. The first-order valence-corrected chi connectivity index (χ1v) is 9.69. The van der Waals surface area contributed by atoms with Crippen molar-refractivity contribution < 1.29 is 4.74 Å². The Balaban J connectivity index is 1.76. The van der Waals surface area contributed by atoms with E-state index >= 15 is 0 Å². The molecule has 1 unspecified atom stereocenters. The minimum absolute atomic E-state index is 0.0701. The molecule has 0 saturated carbocycles. The van der Waals surface area contributed by atoms with Crippen LogP contribution in [0.3, 0.4) is 0 Å². The first-order chi connectivity index (χ1) is 13.2. The van der Waals surface area contributed by atoms with E-state index in [0.29, 0.717) is 0 Å². The number of hydrogen-bond donors (Lipinski definition) is 0. The topological polar surface area (TPSA) is 12.5 Å². The van der Waals surface area contributed by atoms with Crippen molar-refractivity contribution in [1.82, 2.24) is 4.90 Å². The molecule has 0 aliphatic carbocycles. The summed E-state index contributed by atoms with van der Waals surface area (Å²) in [6.45, 7) is 4.42. The van der Waals surface area contributed by atoms with Crippen molar-refractivity contribution in [3.63, 3.8) is 0 Å². The van der Waals surface area contributed by atoms with Gasteiger partial charge in [0.1, 0.15) is 5.75 Å². The zero-order chi connectivity index (χ0) is 18.7. The van der Waals surface area contributed by atoms with Crippen LogP contribution in [0.4, 0.5) is 0 Å². The molecule has 1 heterocycles. The Kier molecular flexibility index (Phi) is 5.00. The van der Waals surface area contributed by atoms with Crippen LogP contribution in [-0.4, -0.2) is 18.6 Å². The maximum atomic E-state index is 5.56. The van der Waals surface area contributed by atoms with Crippen molar-refractivity contribution in [3.05, 3.63) is 101 Å². The van der Waals surface area contributed by atoms with Crippen LogP contribution in [0.1, 0.15) is 29.2 Å². The minimum atomic E-state index is -0.0701. The van der Waals surface area contributed by atoms with Crippen molar-refractivity contribution in [2.45, 2.75) is 31.8 Å². The van der Waals surface area contributed by atoms with Crippen LogP contribution in [0.25, 0.3) is 0 Å². The molecule has 4 rings (SSSR count). The lowest BCUT2D eigenvalue weighted by atomic mass is 9.77. The molecule has 0 spiro atoms. The van der Waals surface area contributed by atoms with Gasteiger partial charge in [-0.25, -0.2) is 0 Å². The second-order valence-corrected chi connectivity index (χ2v) is 7.62. The van der Waals surface area contributed by atoms with E-state index in [9.17, 15) is 0 Å². The van der Waals surface area contributed by atoms with E-state index in [1.165, 1.54) is 22.3 Å². The summed E-state index contributed by atoms with van der Waals surface area (Å²) in [5.74, 6) is 0.939. The quantitative estimate of drug-likeness (QED) is 0.621. The van der Waals surface area contributed by atoms with Gasteiger partial charge in [-0.15, -0.1) is 0 Å². The Hall–Kier alpha value is -2.58. The van der Waals surface area contributed by atoms with Crippen LogP contribution in [0.5, 0.6) is 5.75 Å². The molecule has 0 N–H and O–H groups in total. The fourth-order valence-electron chi connectivity index (χ4n) is 4.33. The van der Waals surface area contributed by atoms with Crippen molar-refractivity contribution >= 4 is 0 Å². The zero-order valence-corrected chi connectivity index (χ0v) is 16.2. The highest BCUT2D eigenvalue weighted by molar-refractivity contribution is 5.43. The third-order valence-electron chi connectivity index (χ3n) is 5.85. The monoisotopic (exact) mass is 357 g/mol. The van der Waals surface area contributed by atoms with Crippen molar-refractivity contribution in [1.29, 1.82) is 0 Å². The van der Waals surface area contributed by atoms with Gasteiger partial charge in [-0.05, 0) is 54.2 Å². The van der Waals surface area contributed by atoms with Crippen molar-refractivity contribution in [3.8, 4) is 5.75 Å². The van der Waals surface area contributed by atoms with E-state index in [-0.39, 0.29) is 5.54 Å². The van der Waals surface area contributed by atoms with Gasteiger partial charge < -0.3 is 4.74 Å². The fourth-order valence-corrected chi connectivity index (χ4v) is 4.33. The first-order valence-electron chi connectivity index (χ1n) is 9.69. The highest BCUT2D eigenvalue weighted by Crippen LogP contribution is 2.40. The van der Waals surface area contributed by atoms with Crippen LogP contribution in [-0.2, 0) is 24.9 Å². The molecule has 1 atom stereocenters. The van der Waals surface area contributed by atoms with Crippen molar-refractivity contribution in [2.24, 2.45) is 0 Å². The van der Waals surface area contributed by atoms with Gasteiger partial charge in [0.15, 0.2) is 0 Å². The van der Waals surface area contributed by atoms with Gasteiger partial charge in [-0.3, -0.25) is 4.90 Å². The fraction of sp³-hybridized carbons (Fsp3) is 0.280. The average molecular weight is 357 g/mol. The molecule has 0 bridgehead atoms. The van der Waals surface area contributed by atoms with Crippen LogP contribution < -0.4 is 4.74 Å². The zero-order valence-electron chi connectivity index (χ0n) is 16.2. The largest absolute Gasteiger partial charge is 0.497 e. The van der Waals surface area contributed by atoms with E-state index in [2.05, 4.69) is 90.7 Å². The van der Waals surface area contributed by atoms with Crippen LogP contribution >= 0.6 is 0 Å². The molecule has 0 saturated heterocycles. The van der Waals surface area contributed by atoms with Crippen molar-refractivity contribution in [2.75, 3.05) is 13.7 Å². The lowest BCUT2D eigenvalue weighted by Gasteiger charge is -2.47. The van der Waals surface area contributed by atoms with Gasteiger partial charge in [0.25, 0.3) is 0 Å². The molecule has 3 aromatic carbocycles. The SMILES string of the molecule is COc1ccc2c(c1)C(C)(Cc1ccccc1)N(Cc1ccccc1)CC2. The minimum Gasteiger partial charge on any atom is -0.497 e. The van der Waals surface area contributed by atoms with Gasteiger partial charge >= 0.3 is 0 Å². The molecule has 1 aliphatic heterocycles. The molecule has 0 amide bonds. The molecule has 1 aliphatic rings. The Morgan fingerprint density at radius 1 is 0.889 bits per heavy atom. The molecule has 0 aromatic heterocycles. The Bertz CT molecular complexity index is 891. The van der Waals surface area contributed by atoms with Gasteiger partial charge in [-0.2, -0.15) is 0 Å².